The predicted molar refractivity (Wildman–Crippen MR) is 102 cm³/mol. The molecule has 27 heavy (non-hydrogen) atoms. The number of esters is 1. The number of carbonyl (C=O) groups is 3. The summed E-state index contributed by atoms with van der Waals surface area (Å²) in [5.41, 5.74) is 0.746. The topological polar surface area (TPSA) is 85.6 Å². The molecule has 0 aliphatic heterocycles. The maximum atomic E-state index is 12.0. The third-order valence-corrected chi connectivity index (χ3v) is 4.88. The van der Waals surface area contributed by atoms with E-state index >= 15 is 0 Å². The SMILES string of the molecule is C[C@H](NC(=O)COC(=O)CCC(=O)c1cccs1)c1cc2ccccc2o1. The molecule has 1 amide bonds. The molecule has 3 aromatic rings. The summed E-state index contributed by atoms with van der Waals surface area (Å²) in [4.78, 5) is 36.2. The molecule has 0 fully saturated rings. The number of rotatable bonds is 8. The van der Waals surface area contributed by atoms with Crippen LogP contribution in [0.4, 0.5) is 0 Å². The number of benzene rings is 1. The quantitative estimate of drug-likeness (QED) is 0.470. The maximum absolute atomic E-state index is 12.0. The van der Waals surface area contributed by atoms with E-state index < -0.39 is 18.5 Å². The normalized spacial score (nSPS) is 11.9. The van der Waals surface area contributed by atoms with E-state index in [9.17, 15) is 14.4 Å². The lowest BCUT2D eigenvalue weighted by Crippen LogP contribution is -2.31. The summed E-state index contributed by atoms with van der Waals surface area (Å²) >= 11 is 1.33. The molecule has 2 heterocycles. The number of thiophene rings is 1. The van der Waals surface area contributed by atoms with Gasteiger partial charge in [-0.2, -0.15) is 0 Å². The van der Waals surface area contributed by atoms with Crippen LogP contribution in [0.3, 0.4) is 0 Å². The average Bonchev–Trinajstić information content (AvgIpc) is 3.33. The van der Waals surface area contributed by atoms with Crippen molar-refractivity contribution in [3.63, 3.8) is 0 Å². The molecule has 0 unspecified atom stereocenters. The van der Waals surface area contributed by atoms with Crippen molar-refractivity contribution >= 4 is 40.0 Å². The van der Waals surface area contributed by atoms with Crippen LogP contribution in [-0.2, 0) is 14.3 Å². The molecule has 0 spiro atoms. The lowest BCUT2D eigenvalue weighted by Gasteiger charge is -2.11. The molecule has 0 radical (unpaired) electrons. The third-order valence-electron chi connectivity index (χ3n) is 3.97. The van der Waals surface area contributed by atoms with Crippen molar-refractivity contribution in [2.45, 2.75) is 25.8 Å². The van der Waals surface area contributed by atoms with Crippen LogP contribution >= 0.6 is 11.3 Å². The Balaban J connectivity index is 1.42. The van der Waals surface area contributed by atoms with Crippen molar-refractivity contribution in [2.75, 3.05) is 6.61 Å². The molecule has 0 saturated carbocycles. The molecule has 6 nitrogen and oxygen atoms in total. The van der Waals surface area contributed by atoms with Crippen molar-refractivity contribution < 1.29 is 23.5 Å². The van der Waals surface area contributed by atoms with Crippen LogP contribution in [0, 0.1) is 0 Å². The number of carbonyl (C=O) groups excluding carboxylic acids is 3. The second-order valence-electron chi connectivity index (χ2n) is 6.04. The van der Waals surface area contributed by atoms with Gasteiger partial charge >= 0.3 is 5.97 Å². The predicted octanol–water partition coefficient (Wildman–Crippen LogP) is 3.88. The van der Waals surface area contributed by atoms with Gasteiger partial charge in [-0.15, -0.1) is 11.3 Å². The zero-order valence-corrected chi connectivity index (χ0v) is 15.6. The standard InChI is InChI=1S/C20H19NO5S/c1-13(17-11-14-5-2-3-6-16(14)26-17)21-19(23)12-25-20(24)9-8-15(22)18-7-4-10-27-18/h2-7,10-11,13H,8-9,12H2,1H3,(H,21,23)/t13-/m0/s1. The summed E-state index contributed by atoms with van der Waals surface area (Å²) in [5, 5.41) is 5.48. The number of amides is 1. The Bertz CT molecular complexity index is 911. The van der Waals surface area contributed by atoms with Crippen LogP contribution in [-0.4, -0.2) is 24.3 Å². The van der Waals surface area contributed by atoms with Crippen LogP contribution in [0.2, 0.25) is 0 Å². The van der Waals surface area contributed by atoms with Crippen molar-refractivity contribution in [3.05, 3.63) is 58.5 Å². The molecule has 7 heteroatoms. The first-order valence-corrected chi connectivity index (χ1v) is 9.41. The monoisotopic (exact) mass is 385 g/mol. The summed E-state index contributed by atoms with van der Waals surface area (Å²) in [6.07, 6.45) is 0.0134. The van der Waals surface area contributed by atoms with Gasteiger partial charge in [-0.3, -0.25) is 14.4 Å². The third kappa shape index (κ3) is 5.04. The number of ether oxygens (including phenoxy) is 1. The van der Waals surface area contributed by atoms with Crippen molar-refractivity contribution in [2.24, 2.45) is 0 Å². The number of hydrogen-bond donors (Lipinski definition) is 1. The Morgan fingerprint density at radius 2 is 1.96 bits per heavy atom. The van der Waals surface area contributed by atoms with E-state index in [0.29, 0.717) is 10.6 Å². The van der Waals surface area contributed by atoms with Crippen LogP contribution in [0.25, 0.3) is 11.0 Å². The molecule has 0 aliphatic carbocycles. The highest BCUT2D eigenvalue weighted by Crippen LogP contribution is 2.23. The molecule has 0 saturated heterocycles. The van der Waals surface area contributed by atoms with E-state index in [-0.39, 0.29) is 24.7 Å². The van der Waals surface area contributed by atoms with E-state index in [2.05, 4.69) is 5.32 Å². The molecule has 0 aliphatic rings. The lowest BCUT2D eigenvalue weighted by molar-refractivity contribution is -0.148. The molecule has 1 aromatic carbocycles. The smallest absolute Gasteiger partial charge is 0.306 e. The van der Waals surface area contributed by atoms with Crippen molar-refractivity contribution in [3.8, 4) is 0 Å². The van der Waals surface area contributed by atoms with Crippen LogP contribution in [0.5, 0.6) is 0 Å². The van der Waals surface area contributed by atoms with Gasteiger partial charge < -0.3 is 14.5 Å². The summed E-state index contributed by atoms with van der Waals surface area (Å²) in [5.74, 6) is -0.491. The summed E-state index contributed by atoms with van der Waals surface area (Å²) in [6.45, 7) is 1.40. The number of nitrogens with one attached hydrogen (secondary N) is 1. The first-order chi connectivity index (χ1) is 13.0. The molecule has 1 N–H and O–H groups in total. The van der Waals surface area contributed by atoms with Gasteiger partial charge in [-0.05, 0) is 30.5 Å². The second-order valence-corrected chi connectivity index (χ2v) is 6.98. The van der Waals surface area contributed by atoms with Crippen LogP contribution < -0.4 is 5.32 Å². The number of ketones is 1. The highest BCUT2D eigenvalue weighted by Gasteiger charge is 2.16. The first-order valence-electron chi connectivity index (χ1n) is 8.53. The number of furan rings is 1. The van der Waals surface area contributed by atoms with E-state index in [1.54, 1.807) is 24.4 Å². The van der Waals surface area contributed by atoms with Crippen LogP contribution in [0.15, 0.2) is 52.3 Å². The Morgan fingerprint density at radius 1 is 1.15 bits per heavy atom. The van der Waals surface area contributed by atoms with E-state index in [0.717, 1.165) is 11.0 Å². The summed E-state index contributed by atoms with van der Waals surface area (Å²) in [6, 6.07) is 12.6. The van der Waals surface area contributed by atoms with E-state index in [4.69, 9.17) is 9.15 Å². The minimum Gasteiger partial charge on any atom is -0.459 e. The molecule has 0 bridgehead atoms. The summed E-state index contributed by atoms with van der Waals surface area (Å²) in [7, 11) is 0. The first kappa shape index (κ1) is 18.8. The zero-order chi connectivity index (χ0) is 19.2. The highest BCUT2D eigenvalue weighted by molar-refractivity contribution is 7.12. The fraction of sp³-hybridized carbons (Fsp3) is 0.250. The Morgan fingerprint density at radius 3 is 2.70 bits per heavy atom. The average molecular weight is 385 g/mol. The van der Waals surface area contributed by atoms with E-state index in [1.807, 2.05) is 30.3 Å². The minimum atomic E-state index is -0.577. The second kappa shape index (κ2) is 8.64. The van der Waals surface area contributed by atoms with E-state index in [1.165, 1.54) is 11.3 Å². The molecule has 1 atom stereocenters. The van der Waals surface area contributed by atoms with Gasteiger partial charge in [0.25, 0.3) is 5.91 Å². The van der Waals surface area contributed by atoms with Gasteiger partial charge in [-0.25, -0.2) is 0 Å². The molecular weight excluding hydrogens is 366 g/mol. The molecular formula is C20H19NO5S. The van der Waals surface area contributed by atoms with Gasteiger partial charge in [0, 0.05) is 11.8 Å². The largest absolute Gasteiger partial charge is 0.459 e. The maximum Gasteiger partial charge on any atom is 0.306 e. The number of para-hydroxylation sites is 1. The van der Waals surface area contributed by atoms with Gasteiger partial charge in [0.1, 0.15) is 11.3 Å². The van der Waals surface area contributed by atoms with Gasteiger partial charge in [0.15, 0.2) is 12.4 Å². The fourth-order valence-corrected chi connectivity index (χ4v) is 3.26. The number of fused-ring (bicyclic) bond motifs is 1. The van der Waals surface area contributed by atoms with Gasteiger partial charge in [0.05, 0.1) is 17.3 Å². The van der Waals surface area contributed by atoms with Gasteiger partial charge in [0.2, 0.25) is 0 Å². The van der Waals surface area contributed by atoms with Crippen LogP contribution in [0.1, 0.15) is 41.2 Å². The minimum absolute atomic E-state index is 0.0524. The lowest BCUT2D eigenvalue weighted by atomic mass is 10.2. The summed E-state index contributed by atoms with van der Waals surface area (Å²) < 4.78 is 10.6. The highest BCUT2D eigenvalue weighted by atomic mass is 32.1. The number of Topliss-reactive ketones (excluding diaryl/α,β-unsaturated/α-hetero) is 1. The van der Waals surface area contributed by atoms with Crippen molar-refractivity contribution in [1.29, 1.82) is 0 Å². The van der Waals surface area contributed by atoms with Gasteiger partial charge in [-0.1, -0.05) is 24.3 Å². The Hall–Kier alpha value is -2.93. The molecule has 3 rings (SSSR count). The Labute approximate surface area is 160 Å². The Kier molecular flexibility index (Phi) is 6.03. The zero-order valence-electron chi connectivity index (χ0n) is 14.8. The van der Waals surface area contributed by atoms with Crippen molar-refractivity contribution in [1.82, 2.24) is 5.32 Å². The molecule has 2 aromatic heterocycles. The molecule has 140 valence electrons. The number of hydrogen-bond acceptors (Lipinski definition) is 6. The fourth-order valence-electron chi connectivity index (χ4n) is 2.56.